The fourth-order valence-corrected chi connectivity index (χ4v) is 2.68. The number of amides is 1. The summed E-state index contributed by atoms with van der Waals surface area (Å²) in [6.45, 7) is 3.58. The fourth-order valence-electron chi connectivity index (χ4n) is 2.68. The van der Waals surface area contributed by atoms with Crippen LogP contribution >= 0.6 is 0 Å². The summed E-state index contributed by atoms with van der Waals surface area (Å²) in [7, 11) is 2.84. The molecule has 1 N–H and O–H groups in total. The maximum absolute atomic E-state index is 12.4. The molecule has 3 rings (SSSR count). The SMILES string of the molecule is CCOc1ccc2oc(C(=O)OCC(=O)Nc3nc(OC)cc(OC)n3)c(C)c2c1. The molecule has 0 saturated carbocycles. The summed E-state index contributed by atoms with van der Waals surface area (Å²) in [6, 6.07) is 6.70. The van der Waals surface area contributed by atoms with Crippen molar-refractivity contribution >= 4 is 28.8 Å². The summed E-state index contributed by atoms with van der Waals surface area (Å²) >= 11 is 0. The third kappa shape index (κ3) is 4.59. The molecular formula is C20H21N3O7. The first-order chi connectivity index (χ1) is 14.4. The van der Waals surface area contributed by atoms with E-state index in [-0.39, 0.29) is 23.5 Å². The van der Waals surface area contributed by atoms with Gasteiger partial charge >= 0.3 is 5.97 Å². The van der Waals surface area contributed by atoms with E-state index in [0.717, 1.165) is 5.39 Å². The van der Waals surface area contributed by atoms with E-state index in [1.165, 1.54) is 20.3 Å². The Balaban J connectivity index is 1.67. The number of furan rings is 1. The zero-order chi connectivity index (χ0) is 21.7. The van der Waals surface area contributed by atoms with E-state index < -0.39 is 18.5 Å². The second-order valence-electron chi connectivity index (χ2n) is 6.05. The molecule has 0 aliphatic rings. The van der Waals surface area contributed by atoms with Crippen LogP contribution in [0.25, 0.3) is 11.0 Å². The van der Waals surface area contributed by atoms with Crippen LogP contribution in [0.15, 0.2) is 28.7 Å². The Bertz CT molecular complexity index is 1060. The van der Waals surface area contributed by atoms with E-state index in [9.17, 15) is 9.59 Å². The molecule has 0 bridgehead atoms. The molecule has 10 nitrogen and oxygen atoms in total. The van der Waals surface area contributed by atoms with Crippen molar-refractivity contribution in [1.29, 1.82) is 0 Å². The number of rotatable bonds is 8. The van der Waals surface area contributed by atoms with Gasteiger partial charge in [-0.15, -0.1) is 0 Å². The Morgan fingerprint density at radius 3 is 2.43 bits per heavy atom. The highest BCUT2D eigenvalue weighted by atomic mass is 16.5. The quantitative estimate of drug-likeness (QED) is 0.553. The third-order valence-electron chi connectivity index (χ3n) is 4.09. The number of nitrogens with one attached hydrogen (secondary N) is 1. The van der Waals surface area contributed by atoms with Crippen LogP contribution in [0.2, 0.25) is 0 Å². The predicted octanol–water partition coefficient (Wildman–Crippen LogP) is 2.74. The summed E-state index contributed by atoms with van der Waals surface area (Å²) in [6.07, 6.45) is 0. The number of esters is 1. The Hall–Kier alpha value is -3.82. The van der Waals surface area contributed by atoms with Gasteiger partial charge in [-0.05, 0) is 32.0 Å². The van der Waals surface area contributed by atoms with E-state index in [4.69, 9.17) is 23.4 Å². The number of anilines is 1. The molecule has 1 aromatic carbocycles. The molecule has 10 heteroatoms. The summed E-state index contributed by atoms with van der Waals surface area (Å²) in [5.41, 5.74) is 1.11. The van der Waals surface area contributed by atoms with Crippen LogP contribution in [-0.4, -0.2) is 49.3 Å². The van der Waals surface area contributed by atoms with Gasteiger partial charge in [0.2, 0.25) is 23.5 Å². The van der Waals surface area contributed by atoms with Crippen molar-refractivity contribution < 1.29 is 33.0 Å². The van der Waals surface area contributed by atoms with Crippen molar-refractivity contribution in [1.82, 2.24) is 9.97 Å². The number of fused-ring (bicyclic) bond motifs is 1. The van der Waals surface area contributed by atoms with Gasteiger partial charge in [0.1, 0.15) is 11.3 Å². The highest BCUT2D eigenvalue weighted by Crippen LogP contribution is 2.29. The van der Waals surface area contributed by atoms with Crippen molar-refractivity contribution in [3.8, 4) is 17.5 Å². The van der Waals surface area contributed by atoms with Gasteiger partial charge in [-0.3, -0.25) is 10.1 Å². The molecule has 0 unspecified atom stereocenters. The average molecular weight is 415 g/mol. The maximum atomic E-state index is 12.4. The molecule has 0 aliphatic carbocycles. The number of hydrogen-bond donors (Lipinski definition) is 1. The number of carbonyl (C=O) groups is 2. The number of benzene rings is 1. The highest BCUT2D eigenvalue weighted by molar-refractivity contribution is 5.98. The number of nitrogens with zero attached hydrogens (tertiary/aromatic N) is 2. The minimum atomic E-state index is -0.763. The van der Waals surface area contributed by atoms with E-state index in [2.05, 4.69) is 15.3 Å². The van der Waals surface area contributed by atoms with Crippen LogP contribution in [0.1, 0.15) is 23.0 Å². The van der Waals surface area contributed by atoms with Crippen LogP contribution < -0.4 is 19.5 Å². The first-order valence-corrected chi connectivity index (χ1v) is 9.05. The Morgan fingerprint density at radius 1 is 1.10 bits per heavy atom. The number of aryl methyl sites for hydroxylation is 1. The van der Waals surface area contributed by atoms with Crippen LogP contribution in [0, 0.1) is 6.92 Å². The van der Waals surface area contributed by atoms with Gasteiger partial charge in [0, 0.05) is 10.9 Å². The number of aromatic nitrogens is 2. The highest BCUT2D eigenvalue weighted by Gasteiger charge is 2.21. The summed E-state index contributed by atoms with van der Waals surface area (Å²) in [5.74, 6) is -0.341. The van der Waals surface area contributed by atoms with Gasteiger partial charge in [-0.25, -0.2) is 4.79 Å². The van der Waals surface area contributed by atoms with Gasteiger partial charge in [-0.1, -0.05) is 0 Å². The van der Waals surface area contributed by atoms with Crippen molar-refractivity contribution in [2.24, 2.45) is 0 Å². The lowest BCUT2D eigenvalue weighted by Crippen LogP contribution is -2.22. The largest absolute Gasteiger partial charge is 0.494 e. The first kappa shape index (κ1) is 20.9. The van der Waals surface area contributed by atoms with Gasteiger partial charge in [0.05, 0.1) is 26.9 Å². The minimum absolute atomic E-state index is 0.0192. The second-order valence-corrected chi connectivity index (χ2v) is 6.05. The Morgan fingerprint density at radius 2 is 1.80 bits per heavy atom. The molecule has 0 saturated heterocycles. The molecule has 0 spiro atoms. The number of hydrogen-bond acceptors (Lipinski definition) is 9. The molecule has 2 aromatic heterocycles. The van der Waals surface area contributed by atoms with E-state index in [0.29, 0.717) is 23.5 Å². The Labute approximate surface area is 172 Å². The molecule has 2 heterocycles. The molecule has 1 amide bonds. The molecule has 158 valence electrons. The average Bonchev–Trinajstić information content (AvgIpc) is 3.08. The molecule has 0 fully saturated rings. The molecule has 3 aromatic rings. The lowest BCUT2D eigenvalue weighted by molar-refractivity contribution is -0.119. The third-order valence-corrected chi connectivity index (χ3v) is 4.09. The lowest BCUT2D eigenvalue weighted by atomic mass is 10.1. The normalized spacial score (nSPS) is 10.5. The number of ether oxygens (including phenoxy) is 4. The molecular weight excluding hydrogens is 394 g/mol. The van der Waals surface area contributed by atoms with Crippen molar-refractivity contribution in [2.75, 3.05) is 32.8 Å². The van der Waals surface area contributed by atoms with Crippen LogP contribution in [-0.2, 0) is 9.53 Å². The van der Waals surface area contributed by atoms with E-state index in [1.807, 2.05) is 6.92 Å². The molecule has 30 heavy (non-hydrogen) atoms. The Kier molecular flexibility index (Phi) is 6.35. The molecule has 0 radical (unpaired) electrons. The van der Waals surface area contributed by atoms with Crippen molar-refractivity contribution in [2.45, 2.75) is 13.8 Å². The van der Waals surface area contributed by atoms with Gasteiger partial charge in [0.25, 0.3) is 5.91 Å². The predicted molar refractivity (Wildman–Crippen MR) is 106 cm³/mol. The van der Waals surface area contributed by atoms with Crippen LogP contribution in [0.4, 0.5) is 5.95 Å². The van der Waals surface area contributed by atoms with Crippen molar-refractivity contribution in [3.05, 3.63) is 35.6 Å². The van der Waals surface area contributed by atoms with Gasteiger partial charge in [0.15, 0.2) is 6.61 Å². The van der Waals surface area contributed by atoms with E-state index in [1.54, 1.807) is 25.1 Å². The standard InChI is InChI=1S/C20H21N3O7/c1-5-28-12-6-7-14-13(8-12)11(2)18(30-14)19(25)29-10-15(24)21-20-22-16(26-3)9-17(23-20)27-4/h6-9H,5,10H2,1-4H3,(H,21,22,23,24). The maximum Gasteiger partial charge on any atom is 0.375 e. The van der Waals surface area contributed by atoms with Crippen molar-refractivity contribution in [3.63, 3.8) is 0 Å². The van der Waals surface area contributed by atoms with Crippen LogP contribution in [0.5, 0.6) is 17.5 Å². The summed E-state index contributed by atoms with van der Waals surface area (Å²) < 4.78 is 26.1. The summed E-state index contributed by atoms with van der Waals surface area (Å²) in [4.78, 5) is 32.5. The first-order valence-electron chi connectivity index (χ1n) is 9.05. The smallest absolute Gasteiger partial charge is 0.375 e. The second kappa shape index (κ2) is 9.12. The van der Waals surface area contributed by atoms with Gasteiger partial charge in [-0.2, -0.15) is 9.97 Å². The summed E-state index contributed by atoms with van der Waals surface area (Å²) in [5, 5.41) is 3.15. The zero-order valence-corrected chi connectivity index (χ0v) is 17.0. The van der Waals surface area contributed by atoms with Gasteiger partial charge < -0.3 is 23.4 Å². The molecule has 0 aliphatic heterocycles. The zero-order valence-electron chi connectivity index (χ0n) is 17.0. The number of carbonyl (C=O) groups excluding carboxylic acids is 2. The van der Waals surface area contributed by atoms with Crippen LogP contribution in [0.3, 0.4) is 0 Å². The van der Waals surface area contributed by atoms with E-state index >= 15 is 0 Å². The lowest BCUT2D eigenvalue weighted by Gasteiger charge is -2.08. The monoisotopic (exact) mass is 415 g/mol. The number of methoxy groups -OCH3 is 2. The topological polar surface area (TPSA) is 122 Å². The fraction of sp³-hybridized carbons (Fsp3) is 0.300. The molecule has 0 atom stereocenters. The minimum Gasteiger partial charge on any atom is -0.494 e.